The molecule has 0 N–H and O–H groups in total. The van der Waals surface area contributed by atoms with E-state index in [1.807, 2.05) is 6.92 Å². The van der Waals surface area contributed by atoms with Gasteiger partial charge in [0.1, 0.15) is 11.6 Å². The lowest BCUT2D eigenvalue weighted by Crippen LogP contribution is -2.11. The standard InChI is InChI=1S/C17H14F4O2/c1-2-3-11-4-6-12(7-5-11)16(22)23-13-8-9-14(15(18)10-13)17(19,20)21/h4-10H,2-3H2,1H3. The lowest BCUT2D eigenvalue weighted by atomic mass is 10.1. The zero-order chi connectivity index (χ0) is 17.0. The van der Waals surface area contributed by atoms with E-state index >= 15 is 0 Å². The smallest absolute Gasteiger partial charge is 0.419 e. The van der Waals surface area contributed by atoms with Crippen LogP contribution in [-0.2, 0) is 12.6 Å². The molecule has 0 aromatic heterocycles. The fraction of sp³-hybridized carbons (Fsp3) is 0.235. The van der Waals surface area contributed by atoms with Crippen molar-refractivity contribution in [1.82, 2.24) is 0 Å². The molecular weight excluding hydrogens is 312 g/mol. The van der Waals surface area contributed by atoms with Crippen molar-refractivity contribution < 1.29 is 27.1 Å². The molecule has 0 saturated heterocycles. The first-order chi connectivity index (χ1) is 10.8. The molecule has 0 radical (unpaired) electrons. The zero-order valence-electron chi connectivity index (χ0n) is 12.3. The van der Waals surface area contributed by atoms with Gasteiger partial charge in [-0.05, 0) is 36.2 Å². The van der Waals surface area contributed by atoms with E-state index < -0.39 is 23.5 Å². The first-order valence-electron chi connectivity index (χ1n) is 6.99. The highest BCUT2D eigenvalue weighted by molar-refractivity contribution is 5.91. The summed E-state index contributed by atoms with van der Waals surface area (Å²) < 4.78 is 55.7. The fourth-order valence-corrected chi connectivity index (χ4v) is 2.05. The summed E-state index contributed by atoms with van der Waals surface area (Å²) in [7, 11) is 0. The number of hydrogen-bond acceptors (Lipinski definition) is 2. The number of carbonyl (C=O) groups excluding carboxylic acids is 1. The Morgan fingerprint density at radius 1 is 1.09 bits per heavy atom. The van der Waals surface area contributed by atoms with E-state index in [9.17, 15) is 22.4 Å². The molecule has 2 aromatic rings. The Morgan fingerprint density at radius 3 is 2.26 bits per heavy atom. The van der Waals surface area contributed by atoms with Crippen LogP contribution in [0.3, 0.4) is 0 Å². The predicted molar refractivity (Wildman–Crippen MR) is 76.8 cm³/mol. The number of alkyl halides is 3. The van der Waals surface area contributed by atoms with Crippen molar-refractivity contribution in [3.05, 3.63) is 65.0 Å². The number of benzene rings is 2. The summed E-state index contributed by atoms with van der Waals surface area (Å²) >= 11 is 0. The van der Waals surface area contributed by atoms with Gasteiger partial charge in [-0.2, -0.15) is 13.2 Å². The Balaban J connectivity index is 2.12. The highest BCUT2D eigenvalue weighted by atomic mass is 19.4. The molecule has 0 bridgehead atoms. The van der Waals surface area contributed by atoms with E-state index in [1.54, 1.807) is 24.3 Å². The van der Waals surface area contributed by atoms with Crippen molar-refractivity contribution >= 4 is 5.97 Å². The molecule has 0 amide bonds. The lowest BCUT2D eigenvalue weighted by molar-refractivity contribution is -0.140. The zero-order valence-corrected chi connectivity index (χ0v) is 12.3. The number of halogens is 4. The van der Waals surface area contributed by atoms with E-state index in [2.05, 4.69) is 0 Å². The number of esters is 1. The van der Waals surface area contributed by atoms with Crippen LogP contribution < -0.4 is 4.74 Å². The van der Waals surface area contributed by atoms with Crippen LogP contribution in [0.5, 0.6) is 5.75 Å². The summed E-state index contributed by atoms with van der Waals surface area (Å²) in [4.78, 5) is 11.9. The Labute approximate surface area is 130 Å². The molecule has 122 valence electrons. The first-order valence-corrected chi connectivity index (χ1v) is 6.99. The largest absolute Gasteiger partial charge is 0.423 e. The van der Waals surface area contributed by atoms with E-state index in [0.717, 1.165) is 24.5 Å². The summed E-state index contributed by atoms with van der Waals surface area (Å²) in [6.45, 7) is 2.03. The highest BCUT2D eigenvalue weighted by Crippen LogP contribution is 2.33. The first kappa shape index (κ1) is 17.0. The van der Waals surface area contributed by atoms with Crippen LogP contribution in [-0.4, -0.2) is 5.97 Å². The van der Waals surface area contributed by atoms with Gasteiger partial charge in [0, 0.05) is 6.07 Å². The normalized spacial score (nSPS) is 11.3. The third kappa shape index (κ3) is 4.31. The number of ether oxygens (including phenoxy) is 1. The SMILES string of the molecule is CCCc1ccc(C(=O)Oc2ccc(C(F)(F)F)c(F)c2)cc1. The topological polar surface area (TPSA) is 26.3 Å². The lowest BCUT2D eigenvalue weighted by Gasteiger charge is -2.10. The molecule has 2 nitrogen and oxygen atoms in total. The minimum Gasteiger partial charge on any atom is -0.423 e. The monoisotopic (exact) mass is 326 g/mol. The Hall–Kier alpha value is -2.37. The van der Waals surface area contributed by atoms with Crippen LogP contribution in [0.15, 0.2) is 42.5 Å². The third-order valence-electron chi connectivity index (χ3n) is 3.18. The van der Waals surface area contributed by atoms with Crippen molar-refractivity contribution in [3.8, 4) is 5.75 Å². The Morgan fingerprint density at radius 2 is 1.74 bits per heavy atom. The molecule has 0 unspecified atom stereocenters. The van der Waals surface area contributed by atoms with Crippen LogP contribution in [0.25, 0.3) is 0 Å². The van der Waals surface area contributed by atoms with Crippen LogP contribution >= 0.6 is 0 Å². The predicted octanol–water partition coefficient (Wildman–Crippen LogP) is 5.02. The van der Waals surface area contributed by atoms with E-state index in [0.29, 0.717) is 12.1 Å². The van der Waals surface area contributed by atoms with E-state index in [-0.39, 0.29) is 11.3 Å². The van der Waals surface area contributed by atoms with Crippen molar-refractivity contribution in [2.45, 2.75) is 25.9 Å². The fourth-order valence-electron chi connectivity index (χ4n) is 2.05. The Kier molecular flexibility index (Phi) is 5.03. The van der Waals surface area contributed by atoms with Crippen LogP contribution in [0.2, 0.25) is 0 Å². The van der Waals surface area contributed by atoms with Gasteiger partial charge in [0.05, 0.1) is 11.1 Å². The molecule has 0 fully saturated rings. The molecular formula is C17H14F4O2. The van der Waals surface area contributed by atoms with Crippen molar-refractivity contribution in [2.24, 2.45) is 0 Å². The number of aryl methyl sites for hydroxylation is 1. The molecule has 0 heterocycles. The maximum absolute atomic E-state index is 13.4. The van der Waals surface area contributed by atoms with Crippen molar-refractivity contribution in [3.63, 3.8) is 0 Å². The molecule has 6 heteroatoms. The molecule has 0 aliphatic rings. The van der Waals surface area contributed by atoms with Crippen LogP contribution in [0.1, 0.15) is 34.8 Å². The summed E-state index contributed by atoms with van der Waals surface area (Å²) in [5, 5.41) is 0. The van der Waals surface area contributed by atoms with E-state index in [4.69, 9.17) is 4.74 Å². The molecule has 0 atom stereocenters. The minimum absolute atomic E-state index is 0.241. The van der Waals surface area contributed by atoms with Crippen LogP contribution in [0, 0.1) is 5.82 Å². The molecule has 0 saturated carbocycles. The molecule has 2 rings (SSSR count). The average molecular weight is 326 g/mol. The number of hydrogen-bond donors (Lipinski definition) is 0. The molecule has 2 aromatic carbocycles. The van der Waals surface area contributed by atoms with Crippen molar-refractivity contribution in [1.29, 1.82) is 0 Å². The second-order valence-electron chi connectivity index (χ2n) is 4.98. The summed E-state index contributed by atoms with van der Waals surface area (Å²) in [6.07, 6.45) is -2.95. The van der Waals surface area contributed by atoms with Gasteiger partial charge in [-0.25, -0.2) is 9.18 Å². The number of rotatable bonds is 4. The van der Waals surface area contributed by atoms with Gasteiger partial charge in [0.15, 0.2) is 0 Å². The quantitative estimate of drug-likeness (QED) is 0.448. The maximum Gasteiger partial charge on any atom is 0.419 e. The molecule has 0 aliphatic heterocycles. The average Bonchev–Trinajstić information content (AvgIpc) is 2.47. The second kappa shape index (κ2) is 6.81. The van der Waals surface area contributed by atoms with Crippen LogP contribution in [0.4, 0.5) is 17.6 Å². The van der Waals surface area contributed by atoms with Crippen molar-refractivity contribution in [2.75, 3.05) is 0 Å². The highest BCUT2D eigenvalue weighted by Gasteiger charge is 2.34. The Bertz CT molecular complexity index is 691. The van der Waals surface area contributed by atoms with Gasteiger partial charge >= 0.3 is 12.1 Å². The molecule has 0 aliphatic carbocycles. The van der Waals surface area contributed by atoms with Gasteiger partial charge in [0.2, 0.25) is 0 Å². The molecule has 23 heavy (non-hydrogen) atoms. The second-order valence-corrected chi connectivity index (χ2v) is 4.98. The van der Waals surface area contributed by atoms with Gasteiger partial charge in [-0.3, -0.25) is 0 Å². The summed E-state index contributed by atoms with van der Waals surface area (Å²) in [5.74, 6) is -2.52. The summed E-state index contributed by atoms with van der Waals surface area (Å²) in [6, 6.07) is 8.67. The maximum atomic E-state index is 13.4. The van der Waals surface area contributed by atoms with Gasteiger partial charge in [0.25, 0.3) is 0 Å². The number of carbonyl (C=O) groups is 1. The van der Waals surface area contributed by atoms with Gasteiger partial charge < -0.3 is 4.74 Å². The van der Waals surface area contributed by atoms with E-state index in [1.165, 1.54) is 0 Å². The van der Waals surface area contributed by atoms with Gasteiger partial charge in [-0.1, -0.05) is 25.5 Å². The van der Waals surface area contributed by atoms with Gasteiger partial charge in [-0.15, -0.1) is 0 Å². The molecule has 0 spiro atoms. The third-order valence-corrected chi connectivity index (χ3v) is 3.18. The minimum atomic E-state index is -4.79. The summed E-state index contributed by atoms with van der Waals surface area (Å²) in [5.41, 5.74) is -0.101.